The highest BCUT2D eigenvalue weighted by atomic mass is 16.2. The summed E-state index contributed by atoms with van der Waals surface area (Å²) in [7, 11) is 0. The van der Waals surface area contributed by atoms with Gasteiger partial charge in [-0.1, -0.05) is 42.5 Å². The van der Waals surface area contributed by atoms with E-state index in [1.807, 2.05) is 61.5 Å². The van der Waals surface area contributed by atoms with Gasteiger partial charge in [0.2, 0.25) is 0 Å². The van der Waals surface area contributed by atoms with Crippen LogP contribution in [0.4, 0.5) is 5.69 Å². The van der Waals surface area contributed by atoms with Crippen LogP contribution in [-0.4, -0.2) is 15.3 Å². The molecule has 2 aromatic carbocycles. The monoisotopic (exact) mass is 369 g/mol. The Labute approximate surface area is 162 Å². The van der Waals surface area contributed by atoms with Crippen molar-refractivity contribution < 1.29 is 4.79 Å². The summed E-state index contributed by atoms with van der Waals surface area (Å²) in [6.07, 6.45) is 1.67. The first kappa shape index (κ1) is 17.7. The lowest BCUT2D eigenvalue weighted by atomic mass is 10.0. The third-order valence-corrected chi connectivity index (χ3v) is 4.66. The molecule has 2 aromatic heterocycles. The molecule has 5 nitrogen and oxygen atoms in total. The van der Waals surface area contributed by atoms with Gasteiger partial charge in [-0.3, -0.25) is 14.0 Å². The van der Waals surface area contributed by atoms with E-state index in [1.165, 1.54) is 4.40 Å². The maximum atomic E-state index is 12.8. The third kappa shape index (κ3) is 3.30. The van der Waals surface area contributed by atoms with Gasteiger partial charge in [0.25, 0.3) is 11.5 Å². The molecule has 0 radical (unpaired) electrons. The van der Waals surface area contributed by atoms with Gasteiger partial charge in [-0.05, 0) is 54.8 Å². The average molecular weight is 369 g/mol. The highest BCUT2D eigenvalue weighted by molar-refractivity contribution is 6.04. The maximum absolute atomic E-state index is 12.8. The first-order valence-electron chi connectivity index (χ1n) is 8.99. The van der Waals surface area contributed by atoms with Crippen molar-refractivity contribution in [2.24, 2.45) is 0 Å². The molecule has 1 N–H and O–H groups in total. The molecular formula is C23H19N3O2. The van der Waals surface area contributed by atoms with E-state index < -0.39 is 0 Å². The Morgan fingerprint density at radius 1 is 0.929 bits per heavy atom. The van der Waals surface area contributed by atoms with Crippen LogP contribution >= 0.6 is 0 Å². The van der Waals surface area contributed by atoms with Crippen LogP contribution in [0.2, 0.25) is 0 Å². The van der Waals surface area contributed by atoms with Crippen molar-refractivity contribution in [3.05, 3.63) is 100 Å². The number of pyridine rings is 1. The number of fused-ring (bicyclic) bond motifs is 1. The first-order valence-corrected chi connectivity index (χ1v) is 8.99. The van der Waals surface area contributed by atoms with Crippen LogP contribution in [0.3, 0.4) is 0 Å². The lowest BCUT2D eigenvalue weighted by molar-refractivity contribution is 0.102. The molecule has 0 aliphatic heterocycles. The zero-order valence-electron chi connectivity index (χ0n) is 15.6. The van der Waals surface area contributed by atoms with E-state index in [2.05, 4.69) is 10.3 Å². The topological polar surface area (TPSA) is 63.5 Å². The zero-order chi connectivity index (χ0) is 19.7. The highest BCUT2D eigenvalue weighted by Gasteiger charge is 2.14. The van der Waals surface area contributed by atoms with Crippen LogP contribution in [0.5, 0.6) is 0 Å². The zero-order valence-corrected chi connectivity index (χ0v) is 15.6. The van der Waals surface area contributed by atoms with Gasteiger partial charge in [0.05, 0.1) is 5.69 Å². The van der Waals surface area contributed by atoms with Crippen LogP contribution in [0.15, 0.2) is 77.7 Å². The second-order valence-electron chi connectivity index (χ2n) is 6.71. The fraction of sp³-hybridized carbons (Fsp3) is 0.0870. The van der Waals surface area contributed by atoms with E-state index >= 15 is 0 Å². The predicted molar refractivity (Wildman–Crippen MR) is 111 cm³/mol. The molecule has 1 amide bonds. The molecule has 0 atom stereocenters. The van der Waals surface area contributed by atoms with Gasteiger partial charge in [-0.25, -0.2) is 4.98 Å². The molecule has 0 bridgehead atoms. The minimum absolute atomic E-state index is 0.193. The number of anilines is 1. The van der Waals surface area contributed by atoms with Crippen LogP contribution in [0.1, 0.15) is 21.6 Å². The van der Waals surface area contributed by atoms with E-state index in [4.69, 9.17) is 0 Å². The minimum atomic E-state index is -0.339. The van der Waals surface area contributed by atoms with Crippen molar-refractivity contribution in [3.8, 4) is 11.1 Å². The third-order valence-electron chi connectivity index (χ3n) is 4.66. The maximum Gasteiger partial charge on any atom is 0.281 e. The molecule has 4 aromatic rings. The Hall–Kier alpha value is -3.73. The van der Waals surface area contributed by atoms with E-state index in [1.54, 1.807) is 25.3 Å². The number of carbonyl (C=O) groups excluding carboxylic acids is 1. The standard InChI is InChI=1S/C23H19N3O2/c1-15-12-13-26-20(14-15)24-16(2)21(23(26)28)25-22(27)19-10-8-18(9-11-19)17-6-4-3-5-7-17/h3-14H,1-2H3,(H,25,27). The summed E-state index contributed by atoms with van der Waals surface area (Å²) in [4.78, 5) is 29.9. The molecule has 4 rings (SSSR count). The Balaban J connectivity index is 1.63. The van der Waals surface area contributed by atoms with Gasteiger partial charge in [-0.2, -0.15) is 0 Å². The number of hydrogen-bond donors (Lipinski definition) is 1. The highest BCUT2D eigenvalue weighted by Crippen LogP contribution is 2.20. The van der Waals surface area contributed by atoms with Gasteiger partial charge in [0.1, 0.15) is 11.3 Å². The van der Waals surface area contributed by atoms with Gasteiger partial charge < -0.3 is 5.32 Å². The van der Waals surface area contributed by atoms with E-state index in [0.29, 0.717) is 16.9 Å². The number of nitrogens with one attached hydrogen (secondary N) is 1. The lowest BCUT2D eigenvalue weighted by Crippen LogP contribution is -2.25. The number of hydrogen-bond acceptors (Lipinski definition) is 3. The SMILES string of the molecule is Cc1ccn2c(=O)c(NC(=O)c3ccc(-c4ccccc4)cc3)c(C)nc2c1. The second kappa shape index (κ2) is 7.12. The number of carbonyl (C=O) groups is 1. The van der Waals surface area contributed by atoms with Crippen molar-refractivity contribution >= 4 is 17.2 Å². The Morgan fingerprint density at radius 2 is 1.61 bits per heavy atom. The first-order chi connectivity index (χ1) is 13.5. The van der Waals surface area contributed by atoms with E-state index in [9.17, 15) is 9.59 Å². The summed E-state index contributed by atoms with van der Waals surface area (Å²) in [6, 6.07) is 20.9. The summed E-state index contributed by atoms with van der Waals surface area (Å²) in [5.74, 6) is -0.339. The van der Waals surface area contributed by atoms with Crippen LogP contribution in [0, 0.1) is 13.8 Å². The normalized spacial score (nSPS) is 10.8. The van der Waals surface area contributed by atoms with Gasteiger partial charge in [0.15, 0.2) is 0 Å². The fourth-order valence-electron chi connectivity index (χ4n) is 3.12. The van der Waals surface area contributed by atoms with Gasteiger partial charge >= 0.3 is 0 Å². The average Bonchev–Trinajstić information content (AvgIpc) is 2.71. The Morgan fingerprint density at radius 3 is 2.32 bits per heavy atom. The van der Waals surface area contributed by atoms with Gasteiger partial charge in [-0.15, -0.1) is 0 Å². The molecule has 0 saturated heterocycles. The quantitative estimate of drug-likeness (QED) is 0.588. The van der Waals surface area contributed by atoms with Crippen molar-refractivity contribution in [1.29, 1.82) is 0 Å². The summed E-state index contributed by atoms with van der Waals surface area (Å²) in [5, 5.41) is 2.73. The molecule has 28 heavy (non-hydrogen) atoms. The number of nitrogens with zero attached hydrogens (tertiary/aromatic N) is 2. The summed E-state index contributed by atoms with van der Waals surface area (Å²) >= 11 is 0. The van der Waals surface area contributed by atoms with Crippen LogP contribution in [-0.2, 0) is 0 Å². The molecule has 0 saturated carbocycles. The largest absolute Gasteiger partial charge is 0.316 e. The molecule has 5 heteroatoms. The van der Waals surface area contributed by atoms with Crippen LogP contribution in [0.25, 0.3) is 16.8 Å². The van der Waals surface area contributed by atoms with Gasteiger partial charge in [0, 0.05) is 11.8 Å². The van der Waals surface area contributed by atoms with E-state index in [0.717, 1.165) is 16.7 Å². The number of aromatic nitrogens is 2. The number of rotatable bonds is 3. The van der Waals surface area contributed by atoms with Crippen LogP contribution < -0.4 is 10.9 Å². The molecule has 0 aliphatic carbocycles. The van der Waals surface area contributed by atoms with Crippen molar-refractivity contribution in [2.75, 3.05) is 5.32 Å². The Bertz CT molecular complexity index is 1230. The number of aryl methyl sites for hydroxylation is 2. The minimum Gasteiger partial charge on any atom is -0.316 e. The smallest absolute Gasteiger partial charge is 0.281 e. The Kier molecular flexibility index (Phi) is 4.49. The molecular weight excluding hydrogens is 350 g/mol. The molecule has 0 fully saturated rings. The summed E-state index contributed by atoms with van der Waals surface area (Å²) in [5.41, 5.74) is 4.55. The number of benzene rings is 2. The second-order valence-corrected chi connectivity index (χ2v) is 6.71. The molecule has 0 spiro atoms. The van der Waals surface area contributed by atoms with Crippen molar-refractivity contribution in [2.45, 2.75) is 13.8 Å². The molecule has 2 heterocycles. The number of amides is 1. The van der Waals surface area contributed by atoms with Crippen molar-refractivity contribution in [1.82, 2.24) is 9.38 Å². The summed E-state index contributed by atoms with van der Waals surface area (Å²) < 4.78 is 1.44. The molecule has 0 aliphatic rings. The fourth-order valence-corrected chi connectivity index (χ4v) is 3.12. The molecule has 0 unspecified atom stereocenters. The lowest BCUT2D eigenvalue weighted by Gasteiger charge is -2.10. The summed E-state index contributed by atoms with van der Waals surface area (Å²) in [6.45, 7) is 3.66. The molecule has 138 valence electrons. The van der Waals surface area contributed by atoms with Crippen molar-refractivity contribution in [3.63, 3.8) is 0 Å². The predicted octanol–water partition coefficient (Wildman–Crippen LogP) is 4.23. The van der Waals surface area contributed by atoms with E-state index in [-0.39, 0.29) is 17.2 Å².